The zero-order valence-electron chi connectivity index (χ0n) is 19.6. The van der Waals surface area contributed by atoms with Gasteiger partial charge in [0.05, 0.1) is 22.6 Å². The second kappa shape index (κ2) is 8.63. The van der Waals surface area contributed by atoms with E-state index in [-0.39, 0.29) is 48.2 Å². The van der Waals surface area contributed by atoms with E-state index in [0.717, 1.165) is 4.90 Å². The second-order valence-corrected chi connectivity index (χ2v) is 8.87. The molecule has 2 aliphatic heterocycles. The number of fused-ring (bicyclic) bond motifs is 5. The Kier molecular flexibility index (Phi) is 5.70. The number of anilines is 2. The summed E-state index contributed by atoms with van der Waals surface area (Å²) in [5.41, 5.74) is -1.45. The van der Waals surface area contributed by atoms with E-state index in [4.69, 9.17) is 9.47 Å². The molecule has 9 nitrogen and oxygen atoms in total. The maximum Gasteiger partial charge on any atom is 0.420 e. The molecule has 36 heavy (non-hydrogen) atoms. The van der Waals surface area contributed by atoms with Gasteiger partial charge in [0.25, 0.3) is 0 Å². The first-order chi connectivity index (χ1) is 17.1. The molecule has 0 unspecified atom stereocenters. The predicted molar refractivity (Wildman–Crippen MR) is 127 cm³/mol. The first-order valence-corrected chi connectivity index (χ1v) is 11.2. The molecule has 1 saturated heterocycles. The van der Waals surface area contributed by atoms with Crippen molar-refractivity contribution in [2.24, 2.45) is 0 Å². The van der Waals surface area contributed by atoms with Crippen LogP contribution in [0.1, 0.15) is 25.0 Å². The van der Waals surface area contributed by atoms with Crippen LogP contribution in [0.15, 0.2) is 37.0 Å². The molecule has 2 aromatic heterocycles. The molecule has 3 aromatic rings. The highest BCUT2D eigenvalue weighted by Gasteiger charge is 2.44. The van der Waals surface area contributed by atoms with Gasteiger partial charge in [-0.3, -0.25) is 9.69 Å². The molecule has 1 aromatic carbocycles. The lowest BCUT2D eigenvalue weighted by atomic mass is 9.99. The van der Waals surface area contributed by atoms with Crippen molar-refractivity contribution in [1.82, 2.24) is 20.3 Å². The van der Waals surface area contributed by atoms with Gasteiger partial charge in [0, 0.05) is 24.4 Å². The topological polar surface area (TPSA) is 102 Å². The van der Waals surface area contributed by atoms with Gasteiger partial charge in [-0.05, 0) is 26.0 Å². The largest absolute Gasteiger partial charge is 0.489 e. The Bertz CT molecular complexity index is 1380. The summed E-state index contributed by atoms with van der Waals surface area (Å²) >= 11 is 0. The third kappa shape index (κ3) is 4.17. The van der Waals surface area contributed by atoms with E-state index in [1.165, 1.54) is 6.20 Å². The van der Waals surface area contributed by atoms with Crippen LogP contribution in [-0.2, 0) is 11.0 Å². The number of carbonyl (C=O) groups is 1. The van der Waals surface area contributed by atoms with Crippen molar-refractivity contribution in [3.63, 3.8) is 0 Å². The summed E-state index contributed by atoms with van der Waals surface area (Å²) < 4.78 is 55.3. The lowest BCUT2D eigenvalue weighted by molar-refractivity contribution is -0.136. The zero-order valence-corrected chi connectivity index (χ0v) is 19.6. The number of nitrogens with zero attached hydrogens (tertiary/aromatic N) is 4. The van der Waals surface area contributed by atoms with Gasteiger partial charge in [0.1, 0.15) is 36.2 Å². The van der Waals surface area contributed by atoms with Gasteiger partial charge in [-0.2, -0.15) is 23.1 Å². The molecule has 0 atom stereocenters. The van der Waals surface area contributed by atoms with Gasteiger partial charge in [-0.1, -0.05) is 18.7 Å². The van der Waals surface area contributed by atoms with Crippen molar-refractivity contribution in [1.29, 1.82) is 0 Å². The number of hydrogen-bond donors (Lipinski definition) is 2. The highest BCUT2D eigenvalue weighted by atomic mass is 19.4. The van der Waals surface area contributed by atoms with Crippen LogP contribution in [-0.4, -0.2) is 52.7 Å². The molecule has 2 N–H and O–H groups in total. The Balaban J connectivity index is 1.74. The molecule has 2 bridgehead atoms. The first-order valence-electron chi connectivity index (χ1n) is 11.2. The number of pyridine rings is 1. The number of rotatable bonds is 1. The van der Waals surface area contributed by atoms with E-state index in [0.29, 0.717) is 17.9 Å². The highest BCUT2D eigenvalue weighted by Crippen LogP contribution is 2.44. The fraction of sp³-hybridized carbons (Fsp3) is 0.333. The van der Waals surface area contributed by atoms with Crippen LogP contribution in [0.3, 0.4) is 0 Å². The Morgan fingerprint density at radius 3 is 2.67 bits per heavy atom. The van der Waals surface area contributed by atoms with Gasteiger partial charge in [0.15, 0.2) is 0 Å². The van der Waals surface area contributed by atoms with E-state index in [1.54, 1.807) is 38.1 Å². The van der Waals surface area contributed by atoms with E-state index < -0.39 is 29.0 Å². The fourth-order valence-corrected chi connectivity index (χ4v) is 4.26. The van der Waals surface area contributed by atoms with Crippen LogP contribution in [0.4, 0.5) is 24.8 Å². The van der Waals surface area contributed by atoms with Crippen molar-refractivity contribution in [3.8, 4) is 11.8 Å². The fourth-order valence-electron chi connectivity index (χ4n) is 4.26. The molecule has 12 heteroatoms. The van der Waals surface area contributed by atoms with E-state index in [1.807, 2.05) is 0 Å². The van der Waals surface area contributed by atoms with Crippen LogP contribution >= 0.6 is 0 Å². The standard InChI is InChI=1S/C24H23F3N6O3/c1-13-14-6-4-5-7-16(14)35-10-11-36-22-31-15-12-28-20(33-9-8-29-23(2,3)21(33)34)18(24(25,26)27)17(15)19(30-13)32-22/h4-7,12,29H,1,8-11H2,2-3H3,(H,30,31,32). The van der Waals surface area contributed by atoms with Gasteiger partial charge >= 0.3 is 12.2 Å². The van der Waals surface area contributed by atoms with E-state index in [2.05, 4.69) is 32.2 Å². The summed E-state index contributed by atoms with van der Waals surface area (Å²) in [6.45, 7) is 7.76. The number of amides is 1. The number of benzene rings is 1. The Labute approximate surface area is 204 Å². The Morgan fingerprint density at radius 2 is 1.89 bits per heavy atom. The number of halogens is 3. The maximum absolute atomic E-state index is 14.7. The predicted octanol–water partition coefficient (Wildman–Crippen LogP) is 3.61. The van der Waals surface area contributed by atoms with E-state index in [9.17, 15) is 18.0 Å². The summed E-state index contributed by atoms with van der Waals surface area (Å²) in [7, 11) is 0. The quantitative estimate of drug-likeness (QED) is 0.523. The van der Waals surface area contributed by atoms with Crippen LogP contribution in [0.5, 0.6) is 11.8 Å². The van der Waals surface area contributed by atoms with Crippen LogP contribution in [0.2, 0.25) is 0 Å². The number of para-hydroxylation sites is 1. The summed E-state index contributed by atoms with van der Waals surface area (Å²) in [6, 6.07) is 6.84. The molecule has 5 rings (SSSR count). The number of hydrogen-bond acceptors (Lipinski definition) is 8. The van der Waals surface area contributed by atoms with Crippen LogP contribution in [0.25, 0.3) is 16.6 Å². The molecule has 0 radical (unpaired) electrons. The molecule has 4 heterocycles. The minimum atomic E-state index is -4.88. The molecule has 0 aliphatic carbocycles. The average Bonchev–Trinajstić information content (AvgIpc) is 2.84. The molecule has 2 aliphatic rings. The molecular weight excluding hydrogens is 477 g/mol. The minimum Gasteiger partial charge on any atom is -0.489 e. The molecule has 1 fully saturated rings. The maximum atomic E-state index is 14.7. The zero-order chi connectivity index (χ0) is 25.7. The summed E-state index contributed by atoms with van der Waals surface area (Å²) in [6.07, 6.45) is -3.69. The summed E-state index contributed by atoms with van der Waals surface area (Å²) in [5.74, 6) is -0.719. The minimum absolute atomic E-state index is 0.0199. The van der Waals surface area contributed by atoms with Crippen molar-refractivity contribution < 1.29 is 27.4 Å². The van der Waals surface area contributed by atoms with Crippen molar-refractivity contribution in [2.45, 2.75) is 25.6 Å². The third-order valence-electron chi connectivity index (χ3n) is 5.97. The smallest absolute Gasteiger partial charge is 0.420 e. The number of ether oxygens (including phenoxy) is 2. The Hall–Kier alpha value is -3.93. The average molecular weight is 500 g/mol. The Morgan fingerprint density at radius 1 is 1.14 bits per heavy atom. The summed E-state index contributed by atoms with van der Waals surface area (Å²) in [4.78, 5) is 26.6. The number of carbonyl (C=O) groups excluding carboxylic acids is 1. The number of aromatic nitrogens is 3. The van der Waals surface area contributed by atoms with Crippen molar-refractivity contribution >= 4 is 34.1 Å². The van der Waals surface area contributed by atoms with Crippen LogP contribution in [0, 0.1) is 0 Å². The summed E-state index contributed by atoms with van der Waals surface area (Å²) in [5, 5.41) is 5.57. The number of alkyl halides is 3. The molecule has 188 valence electrons. The van der Waals surface area contributed by atoms with E-state index >= 15 is 0 Å². The molecular formula is C24H23F3N6O3. The highest BCUT2D eigenvalue weighted by molar-refractivity contribution is 6.04. The molecule has 0 saturated carbocycles. The molecule has 1 amide bonds. The third-order valence-corrected chi connectivity index (χ3v) is 5.97. The number of nitrogens with one attached hydrogen (secondary N) is 2. The number of piperazine rings is 1. The van der Waals surface area contributed by atoms with Gasteiger partial charge in [-0.25, -0.2) is 4.98 Å². The lowest BCUT2D eigenvalue weighted by Gasteiger charge is -2.38. The lowest BCUT2D eigenvalue weighted by Crippen LogP contribution is -2.61. The van der Waals surface area contributed by atoms with Gasteiger partial charge in [-0.15, -0.1) is 0 Å². The molecule has 0 spiro atoms. The van der Waals surface area contributed by atoms with Crippen LogP contribution < -0.4 is 25.0 Å². The SMILES string of the molecule is C=C1Nc2nc(nc3cnc(N4CCNC(C)(C)C4=O)c(C(F)(F)F)c23)OCCOc2ccccc21. The monoisotopic (exact) mass is 500 g/mol. The second-order valence-electron chi connectivity index (χ2n) is 8.87. The van der Waals surface area contributed by atoms with Gasteiger partial charge in [0.2, 0.25) is 5.91 Å². The normalized spacial score (nSPS) is 18.0. The van der Waals surface area contributed by atoms with Gasteiger partial charge < -0.3 is 20.1 Å². The van der Waals surface area contributed by atoms with Crippen molar-refractivity contribution in [2.75, 3.05) is 36.5 Å². The first kappa shape index (κ1) is 23.8. The van der Waals surface area contributed by atoms with Crippen molar-refractivity contribution in [3.05, 3.63) is 48.2 Å².